The Morgan fingerprint density at radius 2 is 1.18 bits per heavy atom. The molecule has 1 saturated heterocycles. The largest absolute Gasteiger partial charge is 0.497 e. The number of nitrogens with one attached hydrogen (secondary N) is 16. The summed E-state index contributed by atoms with van der Waals surface area (Å²) in [7, 11) is 1.43. The molecule has 0 radical (unpaired) electrons. The highest BCUT2D eigenvalue weighted by Crippen LogP contribution is 2.30. The van der Waals surface area contributed by atoms with Gasteiger partial charge in [-0.2, -0.15) is 0 Å². The van der Waals surface area contributed by atoms with Crippen molar-refractivity contribution in [2.45, 2.75) is 185 Å². The van der Waals surface area contributed by atoms with Crippen molar-refractivity contribution < 1.29 is 86.4 Å². The molecule has 43 nitrogen and oxygen atoms in total. The maximum absolute atomic E-state index is 14.8. The number of hydrogen-bond acceptors (Lipinski definition) is 24. The molecule has 638 valence electrons. The summed E-state index contributed by atoms with van der Waals surface area (Å²) in [4.78, 5) is 204. The van der Waals surface area contributed by atoms with Crippen molar-refractivity contribution in [2.75, 3.05) is 58.3 Å². The lowest BCUT2D eigenvalue weighted by Crippen LogP contribution is -2.60. The van der Waals surface area contributed by atoms with Gasteiger partial charge in [0.25, 0.3) is 11.4 Å². The minimum absolute atomic E-state index is 0.00125. The Hall–Kier alpha value is -13.1. The predicted octanol–water partition coefficient (Wildman–Crippen LogP) is -1.05. The van der Waals surface area contributed by atoms with Crippen LogP contribution in [0.5, 0.6) is 5.75 Å². The number of hydrogen-bond donors (Lipinski definition) is 20. The van der Waals surface area contributed by atoms with E-state index in [1.165, 1.54) is 25.0 Å². The van der Waals surface area contributed by atoms with Crippen LogP contribution < -0.4 is 96.7 Å². The van der Waals surface area contributed by atoms with Crippen LogP contribution in [0.1, 0.15) is 129 Å². The SMILES string of the molecule is COc1ccc2c(CC(=O)N[C@@H](CCCNC(=N)N)C(=O)N3CCC[C@@H]3C(=O)N[C@@H](CC(C)C)C(=O)NCC(=O)N[C@@H](CCCCOCc3ccccc3)C(=O)N[C@H](CNc3ccc([N+](=O)[O-])cc3[N+](=O)[O-])C(=O)N[C@@H](C)C(=O)N[C@H](CCCNC(=N)N)C(=O)N[C@@H](CCC(=O)O)C(=O)N[C@H](CCCNC(=N)N)C(C)=O)cc(=O)oc2c1. The van der Waals surface area contributed by atoms with Gasteiger partial charge in [0, 0.05) is 69.3 Å². The summed E-state index contributed by atoms with van der Waals surface area (Å²) in [5, 5.41) is 89.9. The average molecular weight is 1640 g/mol. The Morgan fingerprint density at radius 3 is 1.77 bits per heavy atom. The number of carbonyl (C=O) groups excluding carboxylic acids is 11. The Bertz CT molecular complexity index is 4260. The zero-order valence-corrected chi connectivity index (χ0v) is 65.7. The minimum Gasteiger partial charge on any atom is -0.497 e. The summed E-state index contributed by atoms with van der Waals surface area (Å²) in [6.07, 6.45) is -0.586. The van der Waals surface area contributed by atoms with Crippen LogP contribution in [0.4, 0.5) is 17.1 Å². The number of unbranched alkanes of at least 4 members (excludes halogenated alkanes) is 1. The molecule has 1 aliphatic rings. The average Bonchev–Trinajstić information content (AvgIpc) is 1.63. The second-order valence-corrected chi connectivity index (χ2v) is 28.1. The van der Waals surface area contributed by atoms with Crippen LogP contribution in [-0.4, -0.2) is 216 Å². The van der Waals surface area contributed by atoms with Crippen molar-refractivity contribution in [1.82, 2.24) is 68.7 Å². The molecule has 0 saturated carbocycles. The van der Waals surface area contributed by atoms with Gasteiger partial charge in [-0.3, -0.25) is 94.0 Å². The molecule has 1 aromatic heterocycles. The van der Waals surface area contributed by atoms with Gasteiger partial charge in [-0.15, -0.1) is 0 Å². The van der Waals surface area contributed by atoms with E-state index < -0.39 is 184 Å². The van der Waals surface area contributed by atoms with Crippen molar-refractivity contribution >= 4 is 117 Å². The Kier molecular flexibility index (Phi) is 38.9. The van der Waals surface area contributed by atoms with Crippen LogP contribution in [0.2, 0.25) is 0 Å². The summed E-state index contributed by atoms with van der Waals surface area (Å²) < 4.78 is 16.4. The summed E-state index contributed by atoms with van der Waals surface area (Å²) in [6.45, 7) is 4.92. The lowest BCUT2D eigenvalue weighted by molar-refractivity contribution is -0.393. The summed E-state index contributed by atoms with van der Waals surface area (Å²) in [5.74, 6) is -12.2. The molecule has 1 aliphatic heterocycles. The number of Topliss-reactive ketones (excluding diaryl/α,β-unsaturated/α-hetero) is 1. The number of anilines is 1. The smallest absolute Gasteiger partial charge is 0.336 e. The monoisotopic (exact) mass is 1640 g/mol. The number of carboxylic acids is 1. The third-order valence-corrected chi connectivity index (χ3v) is 18.4. The number of nitro benzene ring substituents is 2. The fourth-order valence-corrected chi connectivity index (χ4v) is 12.4. The van der Waals surface area contributed by atoms with Crippen molar-refractivity contribution in [3.63, 3.8) is 0 Å². The maximum atomic E-state index is 14.8. The number of amides is 10. The molecule has 3 aromatic carbocycles. The number of nitrogens with two attached hydrogens (primary N) is 3. The highest BCUT2D eigenvalue weighted by atomic mass is 16.6. The Balaban J connectivity index is 1.39. The second kappa shape index (κ2) is 48.2. The highest BCUT2D eigenvalue weighted by Gasteiger charge is 2.40. The van der Waals surface area contributed by atoms with E-state index in [2.05, 4.69) is 69.1 Å². The Morgan fingerprint density at radius 1 is 0.615 bits per heavy atom. The number of methoxy groups -OCH3 is 1. The first-order valence-corrected chi connectivity index (χ1v) is 37.9. The number of rotatable bonds is 51. The van der Waals surface area contributed by atoms with Crippen LogP contribution in [0, 0.1) is 42.4 Å². The molecule has 0 unspecified atom stereocenters. The molecule has 4 aromatic rings. The zero-order chi connectivity index (χ0) is 86.4. The number of aliphatic carboxylic acids is 1. The molecule has 5 rings (SSSR count). The van der Waals surface area contributed by atoms with E-state index in [4.69, 9.17) is 47.3 Å². The van der Waals surface area contributed by atoms with E-state index in [0.29, 0.717) is 23.6 Å². The van der Waals surface area contributed by atoms with E-state index in [1.807, 2.05) is 30.3 Å². The van der Waals surface area contributed by atoms with Crippen LogP contribution in [0.3, 0.4) is 0 Å². The zero-order valence-electron chi connectivity index (χ0n) is 65.7. The minimum atomic E-state index is -1.88. The molecule has 23 N–H and O–H groups in total. The van der Waals surface area contributed by atoms with E-state index >= 15 is 0 Å². The number of nitrogens with zero attached hydrogens (tertiary/aromatic N) is 3. The van der Waals surface area contributed by atoms with Gasteiger partial charge >= 0.3 is 11.6 Å². The molecule has 2 heterocycles. The molecule has 0 bridgehead atoms. The lowest BCUT2D eigenvalue weighted by atomic mass is 10.0. The third kappa shape index (κ3) is 33.1. The van der Waals surface area contributed by atoms with Gasteiger partial charge in [-0.05, 0) is 133 Å². The first-order chi connectivity index (χ1) is 55.5. The van der Waals surface area contributed by atoms with Gasteiger partial charge in [0.05, 0.1) is 48.6 Å². The number of fused-ring (bicyclic) bond motifs is 1. The number of guanidine groups is 3. The second-order valence-electron chi connectivity index (χ2n) is 28.1. The quantitative estimate of drug-likeness (QED) is 0.00627. The molecule has 9 atom stereocenters. The first kappa shape index (κ1) is 94.5. The molecular weight excluding hydrogens is 1530 g/mol. The van der Waals surface area contributed by atoms with Gasteiger partial charge in [0.1, 0.15) is 65.4 Å². The van der Waals surface area contributed by atoms with Crippen molar-refractivity contribution in [2.24, 2.45) is 23.1 Å². The topological polar surface area (TPSA) is 669 Å². The number of carbonyl (C=O) groups is 12. The standard InChI is InChI=1S/C74H106N22O21/c1-41(2)33-55(92-70(109)57-21-14-31-94(57)71(110)54(20-13-30-83-74(79)80)88-60(98)34-45-35-63(102)117-59-37-47(115-5)23-24-48(45)59)65(104)85-39-61(99)87-51(17-9-10-32-116-40-44-15-7-6-8-16-44)66(105)93-56(38-84-50-25-22-46(95(111)112)36-58(50)96(113)114)69(108)86-42(3)64(103)90-52(19-12-29-82-73(77)78)67(106)91-53(26-27-62(100)101)68(107)89-49(43(4)97)18-11-28-81-72(75)76/h6-8,15-16,22-25,35-37,41-42,49,51-57,84H,9-14,17-21,26-34,38-40H2,1-5H3,(H,85,104)(H,86,108)(H,87,99)(H,88,98)(H,89,107)(H,90,103)(H,91,106)(H,92,109)(H,93,105)(H,100,101)(H4,75,76,81)(H4,77,78,82)(H4,79,80,83)/t42-,49+,51-,52+,53-,54-,55-,56+,57+/m0/s1. The van der Waals surface area contributed by atoms with Crippen LogP contribution >= 0.6 is 0 Å². The molecule has 43 heteroatoms. The van der Waals surface area contributed by atoms with E-state index in [-0.39, 0.29) is 151 Å². The number of ether oxygens (including phenoxy) is 2. The number of carboxylic acid groups (broad SMARTS) is 1. The number of non-ortho nitro benzene ring substituents is 1. The van der Waals surface area contributed by atoms with Crippen LogP contribution in [0.15, 0.2) is 82.0 Å². The van der Waals surface area contributed by atoms with Gasteiger partial charge in [-0.1, -0.05) is 44.2 Å². The van der Waals surface area contributed by atoms with Crippen molar-refractivity contribution in [3.05, 3.63) is 115 Å². The van der Waals surface area contributed by atoms with Gasteiger partial charge in [0.2, 0.25) is 59.1 Å². The van der Waals surface area contributed by atoms with Gasteiger partial charge in [0.15, 0.2) is 23.7 Å². The van der Waals surface area contributed by atoms with Crippen molar-refractivity contribution in [3.8, 4) is 5.75 Å². The number of likely N-dealkylation sites (tertiary alicyclic amines) is 1. The van der Waals surface area contributed by atoms with Gasteiger partial charge in [-0.25, -0.2) is 4.79 Å². The van der Waals surface area contributed by atoms with E-state index in [1.54, 1.807) is 26.0 Å². The van der Waals surface area contributed by atoms with Crippen LogP contribution in [-0.2, 0) is 75.3 Å². The first-order valence-electron chi connectivity index (χ1n) is 37.9. The fourth-order valence-electron chi connectivity index (χ4n) is 12.4. The molecule has 10 amide bonds. The molecule has 117 heavy (non-hydrogen) atoms. The fraction of sp³-hybridized carbons (Fsp3) is 0.514. The normalized spacial score (nSPS) is 14.3. The summed E-state index contributed by atoms with van der Waals surface area (Å²) in [5.41, 5.74) is 14.9. The number of nitro groups is 2. The van der Waals surface area contributed by atoms with E-state index in [0.717, 1.165) is 30.7 Å². The molecule has 0 aliphatic carbocycles. The molecule has 1 fully saturated rings. The van der Waals surface area contributed by atoms with E-state index in [9.17, 15) is 87.7 Å². The molecular formula is C74H106N22O21. The third-order valence-electron chi connectivity index (χ3n) is 18.4. The molecule has 0 spiro atoms. The number of benzene rings is 3. The maximum Gasteiger partial charge on any atom is 0.336 e. The lowest BCUT2D eigenvalue weighted by Gasteiger charge is -2.30. The van der Waals surface area contributed by atoms with Gasteiger partial charge < -0.3 is 110 Å². The highest BCUT2D eigenvalue weighted by molar-refractivity contribution is 5.99. The van der Waals surface area contributed by atoms with Crippen LogP contribution in [0.25, 0.3) is 11.0 Å². The summed E-state index contributed by atoms with van der Waals surface area (Å²) >= 11 is 0. The predicted molar refractivity (Wildman–Crippen MR) is 424 cm³/mol. The Labute approximate surface area is 672 Å². The number of ketones is 1. The van der Waals surface area contributed by atoms with Crippen molar-refractivity contribution in [1.29, 1.82) is 16.2 Å². The summed E-state index contributed by atoms with van der Waals surface area (Å²) in [6, 6.07) is 4.31.